The molecule has 2 aromatic rings. The van der Waals surface area contributed by atoms with Gasteiger partial charge < -0.3 is 15.0 Å². The fourth-order valence-electron chi connectivity index (χ4n) is 3.45. The summed E-state index contributed by atoms with van der Waals surface area (Å²) in [6.45, 7) is 0.950. The maximum Gasteiger partial charge on any atom is 0.240 e. The fraction of sp³-hybridized carbons (Fsp3) is 0.556. The number of carbonyl (C=O) groups is 1. The van der Waals surface area contributed by atoms with E-state index in [1.807, 2.05) is 35.1 Å². The van der Waals surface area contributed by atoms with E-state index in [2.05, 4.69) is 10.3 Å². The number of hydrogen-bond acceptors (Lipinski definition) is 4. The Bertz CT molecular complexity index is 701. The first-order valence-corrected chi connectivity index (χ1v) is 9.94. The van der Waals surface area contributed by atoms with Crippen molar-refractivity contribution in [3.8, 4) is 0 Å². The molecule has 0 bridgehead atoms. The molecule has 1 fully saturated rings. The van der Waals surface area contributed by atoms with Crippen molar-refractivity contribution >= 4 is 28.7 Å². The van der Waals surface area contributed by atoms with Gasteiger partial charge in [-0.2, -0.15) is 11.8 Å². The highest BCUT2D eigenvalue weighted by molar-refractivity contribution is 7.97. The molecule has 0 aliphatic heterocycles. The predicted octanol–water partition coefficient (Wildman–Crippen LogP) is 2.57. The molecule has 5 nitrogen and oxygen atoms in total. The molecule has 24 heavy (non-hydrogen) atoms. The third-order valence-corrected chi connectivity index (χ3v) is 5.20. The van der Waals surface area contributed by atoms with Crippen LogP contribution in [0.1, 0.15) is 31.5 Å². The second-order valence-electron chi connectivity index (χ2n) is 6.53. The van der Waals surface area contributed by atoms with E-state index in [-0.39, 0.29) is 12.0 Å². The Labute approximate surface area is 146 Å². The number of imidazole rings is 1. The molecule has 0 spiro atoms. The lowest BCUT2D eigenvalue weighted by Gasteiger charge is -2.26. The minimum atomic E-state index is -0.202. The maximum absolute atomic E-state index is 12.4. The van der Waals surface area contributed by atoms with Crippen LogP contribution in [-0.2, 0) is 17.1 Å². The lowest BCUT2D eigenvalue weighted by atomic mass is 9.87. The summed E-state index contributed by atoms with van der Waals surface area (Å²) in [5.41, 5.74) is 1.94. The van der Waals surface area contributed by atoms with Gasteiger partial charge >= 0.3 is 0 Å². The van der Waals surface area contributed by atoms with E-state index >= 15 is 0 Å². The van der Waals surface area contributed by atoms with Gasteiger partial charge in [-0.25, -0.2) is 4.98 Å². The van der Waals surface area contributed by atoms with Gasteiger partial charge in [-0.1, -0.05) is 18.6 Å². The molecule has 130 valence electrons. The van der Waals surface area contributed by atoms with Crippen LogP contribution in [0.15, 0.2) is 24.3 Å². The zero-order valence-corrected chi connectivity index (χ0v) is 14.9. The van der Waals surface area contributed by atoms with Gasteiger partial charge in [-0.15, -0.1) is 0 Å². The summed E-state index contributed by atoms with van der Waals surface area (Å²) in [5, 5.41) is 12.8. The van der Waals surface area contributed by atoms with Crippen molar-refractivity contribution in [3.05, 3.63) is 30.1 Å². The van der Waals surface area contributed by atoms with Gasteiger partial charge in [0.05, 0.1) is 22.9 Å². The molecule has 2 N–H and O–H groups in total. The minimum absolute atomic E-state index is 0.0144. The van der Waals surface area contributed by atoms with Crippen molar-refractivity contribution in [2.24, 2.45) is 5.92 Å². The van der Waals surface area contributed by atoms with Crippen molar-refractivity contribution in [3.63, 3.8) is 0 Å². The Morgan fingerprint density at radius 3 is 3.04 bits per heavy atom. The van der Waals surface area contributed by atoms with Crippen molar-refractivity contribution in [2.45, 2.75) is 44.1 Å². The maximum atomic E-state index is 12.4. The molecule has 1 aliphatic rings. The van der Waals surface area contributed by atoms with E-state index in [1.165, 1.54) is 0 Å². The van der Waals surface area contributed by atoms with Crippen molar-refractivity contribution in [1.29, 1.82) is 0 Å². The highest BCUT2D eigenvalue weighted by atomic mass is 32.2. The predicted molar refractivity (Wildman–Crippen MR) is 97.9 cm³/mol. The van der Waals surface area contributed by atoms with Gasteiger partial charge in [0, 0.05) is 6.54 Å². The molecule has 1 amide bonds. The van der Waals surface area contributed by atoms with Gasteiger partial charge in [-0.05, 0) is 43.6 Å². The number of rotatable bonds is 6. The summed E-state index contributed by atoms with van der Waals surface area (Å²) in [7, 11) is 0. The molecule has 2 atom stereocenters. The topological polar surface area (TPSA) is 67.2 Å². The number of para-hydroxylation sites is 2. The Morgan fingerprint density at radius 1 is 1.42 bits per heavy atom. The number of fused-ring (bicyclic) bond motifs is 1. The summed E-state index contributed by atoms with van der Waals surface area (Å²) in [6, 6.07) is 7.94. The lowest BCUT2D eigenvalue weighted by molar-refractivity contribution is -0.121. The SMILES string of the molecule is CSCc1nc2ccccc2n1CC(=O)NCC1CCCC(O)C1. The molecule has 1 aliphatic carbocycles. The number of hydrogen-bond donors (Lipinski definition) is 2. The molecule has 1 heterocycles. The number of benzene rings is 1. The second kappa shape index (κ2) is 8.03. The molecule has 3 rings (SSSR count). The molecule has 2 unspecified atom stereocenters. The number of nitrogens with one attached hydrogen (secondary N) is 1. The van der Waals surface area contributed by atoms with Crippen LogP contribution in [0.25, 0.3) is 11.0 Å². The quantitative estimate of drug-likeness (QED) is 0.843. The van der Waals surface area contributed by atoms with Crippen LogP contribution in [0.4, 0.5) is 0 Å². The van der Waals surface area contributed by atoms with Gasteiger partial charge in [0.25, 0.3) is 0 Å². The average Bonchev–Trinajstić information content (AvgIpc) is 2.91. The van der Waals surface area contributed by atoms with Crippen LogP contribution in [0.5, 0.6) is 0 Å². The normalized spacial score (nSPS) is 21.1. The summed E-state index contributed by atoms with van der Waals surface area (Å²) < 4.78 is 2.01. The lowest BCUT2D eigenvalue weighted by Crippen LogP contribution is -2.35. The molecular weight excluding hydrogens is 322 g/mol. The summed E-state index contributed by atoms with van der Waals surface area (Å²) >= 11 is 1.70. The van der Waals surface area contributed by atoms with Gasteiger partial charge in [0.2, 0.25) is 5.91 Å². The number of aliphatic hydroxyl groups is 1. The van der Waals surface area contributed by atoms with Gasteiger partial charge in [0.1, 0.15) is 12.4 Å². The van der Waals surface area contributed by atoms with Crippen molar-refractivity contribution < 1.29 is 9.90 Å². The van der Waals surface area contributed by atoms with Crippen molar-refractivity contribution in [1.82, 2.24) is 14.9 Å². The number of thioether (sulfide) groups is 1. The fourth-order valence-corrected chi connectivity index (χ4v) is 3.93. The summed E-state index contributed by atoms with van der Waals surface area (Å²) in [4.78, 5) is 17.1. The van der Waals surface area contributed by atoms with E-state index in [1.54, 1.807) is 11.8 Å². The Hall–Kier alpha value is -1.53. The van der Waals surface area contributed by atoms with E-state index in [4.69, 9.17) is 0 Å². The minimum Gasteiger partial charge on any atom is -0.393 e. The first kappa shape index (κ1) is 17.3. The second-order valence-corrected chi connectivity index (χ2v) is 7.39. The van der Waals surface area contributed by atoms with Crippen LogP contribution in [-0.4, -0.2) is 39.5 Å². The highest BCUT2D eigenvalue weighted by Crippen LogP contribution is 2.23. The van der Waals surface area contributed by atoms with E-state index < -0.39 is 0 Å². The molecule has 6 heteroatoms. The standard InChI is InChI=1S/C18H25N3O2S/c1-24-12-17-20-15-7-2-3-8-16(15)21(17)11-18(23)19-10-13-5-4-6-14(22)9-13/h2-3,7-8,13-14,22H,4-6,9-12H2,1H3,(H,19,23). The van der Waals surface area contributed by atoms with Crippen LogP contribution in [0.2, 0.25) is 0 Å². The highest BCUT2D eigenvalue weighted by Gasteiger charge is 2.21. The average molecular weight is 347 g/mol. The first-order valence-electron chi connectivity index (χ1n) is 8.55. The molecule has 0 saturated heterocycles. The first-order chi connectivity index (χ1) is 11.7. The van der Waals surface area contributed by atoms with Crippen LogP contribution < -0.4 is 5.32 Å². The Morgan fingerprint density at radius 2 is 2.25 bits per heavy atom. The van der Waals surface area contributed by atoms with E-state index in [0.717, 1.165) is 48.3 Å². The Balaban J connectivity index is 1.65. The van der Waals surface area contributed by atoms with Crippen LogP contribution in [0.3, 0.4) is 0 Å². The van der Waals surface area contributed by atoms with Crippen molar-refractivity contribution in [2.75, 3.05) is 12.8 Å². The number of aliphatic hydroxyl groups excluding tert-OH is 1. The molecule has 0 radical (unpaired) electrons. The smallest absolute Gasteiger partial charge is 0.240 e. The van der Waals surface area contributed by atoms with Gasteiger partial charge in [-0.3, -0.25) is 4.79 Å². The van der Waals surface area contributed by atoms with E-state index in [9.17, 15) is 9.90 Å². The summed E-state index contributed by atoms with van der Waals surface area (Å²) in [6.07, 6.45) is 5.66. The number of aromatic nitrogens is 2. The number of amides is 1. The molecule has 1 saturated carbocycles. The largest absolute Gasteiger partial charge is 0.393 e. The van der Waals surface area contributed by atoms with Crippen LogP contribution in [0, 0.1) is 5.92 Å². The van der Waals surface area contributed by atoms with Crippen LogP contribution >= 0.6 is 11.8 Å². The van der Waals surface area contributed by atoms with Gasteiger partial charge in [0.15, 0.2) is 0 Å². The molecular formula is C18H25N3O2S. The Kier molecular flexibility index (Phi) is 5.79. The third kappa shape index (κ3) is 4.11. The summed E-state index contributed by atoms with van der Waals surface area (Å²) in [5.74, 6) is 2.13. The zero-order chi connectivity index (χ0) is 16.9. The monoisotopic (exact) mass is 347 g/mol. The zero-order valence-electron chi connectivity index (χ0n) is 14.1. The van der Waals surface area contributed by atoms with E-state index in [0.29, 0.717) is 19.0 Å². The number of nitrogens with zero attached hydrogens (tertiary/aromatic N) is 2. The molecule has 1 aromatic heterocycles. The third-order valence-electron chi connectivity index (χ3n) is 4.65. The number of carbonyl (C=O) groups excluding carboxylic acids is 1. The molecule has 1 aromatic carbocycles.